The van der Waals surface area contributed by atoms with Gasteiger partial charge in [0.1, 0.15) is 11.5 Å². The maximum atomic E-state index is 9.66. The SMILES string of the molecule is CCOc1ccc(O)c(CC)c1CC. The summed E-state index contributed by atoms with van der Waals surface area (Å²) in [7, 11) is 0. The van der Waals surface area contributed by atoms with Crippen molar-refractivity contribution in [3.05, 3.63) is 23.3 Å². The van der Waals surface area contributed by atoms with E-state index in [0.717, 1.165) is 29.7 Å². The summed E-state index contributed by atoms with van der Waals surface area (Å²) < 4.78 is 5.51. The van der Waals surface area contributed by atoms with Gasteiger partial charge in [-0.25, -0.2) is 0 Å². The molecule has 0 bridgehead atoms. The molecule has 1 aromatic rings. The van der Waals surface area contributed by atoms with E-state index in [4.69, 9.17) is 4.74 Å². The van der Waals surface area contributed by atoms with Gasteiger partial charge in [0.2, 0.25) is 0 Å². The second-order valence-corrected chi connectivity index (χ2v) is 3.18. The Morgan fingerprint density at radius 2 is 1.71 bits per heavy atom. The lowest BCUT2D eigenvalue weighted by molar-refractivity contribution is 0.335. The van der Waals surface area contributed by atoms with E-state index >= 15 is 0 Å². The maximum Gasteiger partial charge on any atom is 0.122 e. The predicted molar refractivity (Wildman–Crippen MR) is 58.0 cm³/mol. The Labute approximate surface area is 85.5 Å². The largest absolute Gasteiger partial charge is 0.508 e. The Balaban J connectivity index is 3.18. The second-order valence-electron chi connectivity index (χ2n) is 3.18. The Kier molecular flexibility index (Phi) is 3.81. The van der Waals surface area contributed by atoms with Gasteiger partial charge < -0.3 is 9.84 Å². The summed E-state index contributed by atoms with van der Waals surface area (Å²) in [5.41, 5.74) is 2.15. The fourth-order valence-electron chi connectivity index (χ4n) is 1.73. The fraction of sp³-hybridized carbons (Fsp3) is 0.500. The van der Waals surface area contributed by atoms with Gasteiger partial charge in [-0.3, -0.25) is 0 Å². The monoisotopic (exact) mass is 194 g/mol. The molecule has 2 nitrogen and oxygen atoms in total. The predicted octanol–water partition coefficient (Wildman–Crippen LogP) is 2.92. The van der Waals surface area contributed by atoms with Crippen molar-refractivity contribution < 1.29 is 9.84 Å². The third-order valence-corrected chi connectivity index (χ3v) is 2.37. The van der Waals surface area contributed by atoms with Crippen LogP contribution in [0.15, 0.2) is 12.1 Å². The van der Waals surface area contributed by atoms with Crippen LogP contribution in [-0.2, 0) is 12.8 Å². The molecule has 0 saturated carbocycles. The summed E-state index contributed by atoms with van der Waals surface area (Å²) in [6, 6.07) is 3.56. The maximum absolute atomic E-state index is 9.66. The smallest absolute Gasteiger partial charge is 0.122 e. The molecule has 0 heterocycles. The zero-order valence-electron chi connectivity index (χ0n) is 9.13. The number of hydrogen-bond acceptors (Lipinski definition) is 2. The molecule has 1 rings (SSSR count). The van der Waals surface area contributed by atoms with Crippen LogP contribution in [0.2, 0.25) is 0 Å². The summed E-state index contributed by atoms with van der Waals surface area (Å²) in [6.07, 6.45) is 1.74. The Hall–Kier alpha value is -1.18. The van der Waals surface area contributed by atoms with E-state index in [1.807, 2.05) is 19.9 Å². The second kappa shape index (κ2) is 4.89. The van der Waals surface area contributed by atoms with Crippen molar-refractivity contribution in [1.82, 2.24) is 0 Å². The number of rotatable bonds is 4. The van der Waals surface area contributed by atoms with Gasteiger partial charge in [-0.1, -0.05) is 13.8 Å². The molecule has 0 aliphatic carbocycles. The van der Waals surface area contributed by atoms with Crippen LogP contribution in [0.3, 0.4) is 0 Å². The minimum atomic E-state index is 0.382. The minimum Gasteiger partial charge on any atom is -0.508 e. The van der Waals surface area contributed by atoms with Gasteiger partial charge in [-0.05, 0) is 31.9 Å². The summed E-state index contributed by atoms with van der Waals surface area (Å²) >= 11 is 0. The van der Waals surface area contributed by atoms with Gasteiger partial charge in [0.05, 0.1) is 6.61 Å². The van der Waals surface area contributed by atoms with Gasteiger partial charge in [0.15, 0.2) is 0 Å². The van der Waals surface area contributed by atoms with E-state index in [0.29, 0.717) is 12.4 Å². The lowest BCUT2D eigenvalue weighted by atomic mass is 10.0. The van der Waals surface area contributed by atoms with Crippen molar-refractivity contribution in [2.45, 2.75) is 33.6 Å². The first-order valence-electron chi connectivity index (χ1n) is 5.21. The highest BCUT2D eigenvalue weighted by Crippen LogP contribution is 2.30. The molecule has 2 heteroatoms. The number of hydrogen-bond donors (Lipinski definition) is 1. The van der Waals surface area contributed by atoms with Crippen LogP contribution in [0.5, 0.6) is 11.5 Å². The third kappa shape index (κ3) is 2.00. The lowest BCUT2D eigenvalue weighted by Crippen LogP contribution is -1.99. The van der Waals surface area contributed by atoms with Gasteiger partial charge in [-0.2, -0.15) is 0 Å². The van der Waals surface area contributed by atoms with Gasteiger partial charge >= 0.3 is 0 Å². The lowest BCUT2D eigenvalue weighted by Gasteiger charge is -2.13. The van der Waals surface area contributed by atoms with E-state index < -0.39 is 0 Å². The van der Waals surface area contributed by atoms with Crippen molar-refractivity contribution in [2.24, 2.45) is 0 Å². The summed E-state index contributed by atoms with van der Waals surface area (Å²) in [5, 5.41) is 9.66. The quantitative estimate of drug-likeness (QED) is 0.798. The molecule has 14 heavy (non-hydrogen) atoms. The molecule has 0 aliphatic rings. The molecule has 1 aromatic carbocycles. The zero-order chi connectivity index (χ0) is 10.6. The first kappa shape index (κ1) is 10.9. The third-order valence-electron chi connectivity index (χ3n) is 2.37. The number of ether oxygens (including phenoxy) is 1. The van der Waals surface area contributed by atoms with Crippen LogP contribution in [0.4, 0.5) is 0 Å². The van der Waals surface area contributed by atoms with Crippen LogP contribution in [0.1, 0.15) is 31.9 Å². The molecular weight excluding hydrogens is 176 g/mol. The van der Waals surface area contributed by atoms with E-state index in [-0.39, 0.29) is 0 Å². The molecule has 0 spiro atoms. The summed E-state index contributed by atoms with van der Waals surface area (Å²) in [6.45, 7) is 6.76. The molecule has 0 radical (unpaired) electrons. The van der Waals surface area contributed by atoms with Gasteiger partial charge in [0, 0.05) is 11.1 Å². The van der Waals surface area contributed by atoms with Crippen molar-refractivity contribution in [3.8, 4) is 11.5 Å². The number of aromatic hydroxyl groups is 1. The molecule has 0 saturated heterocycles. The van der Waals surface area contributed by atoms with Crippen molar-refractivity contribution in [1.29, 1.82) is 0 Å². The number of benzene rings is 1. The molecule has 0 fully saturated rings. The van der Waals surface area contributed by atoms with E-state index in [1.165, 1.54) is 0 Å². The molecule has 0 atom stereocenters. The normalized spacial score (nSPS) is 10.2. The number of phenolic OH excluding ortho intramolecular Hbond substituents is 1. The molecule has 0 amide bonds. The van der Waals surface area contributed by atoms with Gasteiger partial charge in [0.25, 0.3) is 0 Å². The van der Waals surface area contributed by atoms with E-state index in [2.05, 4.69) is 6.92 Å². The minimum absolute atomic E-state index is 0.382. The molecule has 0 aromatic heterocycles. The molecule has 0 aliphatic heterocycles. The van der Waals surface area contributed by atoms with Crippen LogP contribution >= 0.6 is 0 Å². The van der Waals surface area contributed by atoms with E-state index in [1.54, 1.807) is 6.07 Å². The van der Waals surface area contributed by atoms with Gasteiger partial charge in [-0.15, -0.1) is 0 Å². The number of phenols is 1. The average molecular weight is 194 g/mol. The Morgan fingerprint density at radius 1 is 1.07 bits per heavy atom. The van der Waals surface area contributed by atoms with Crippen molar-refractivity contribution in [2.75, 3.05) is 6.61 Å². The molecule has 0 unspecified atom stereocenters. The molecule has 78 valence electrons. The Morgan fingerprint density at radius 3 is 2.21 bits per heavy atom. The summed E-state index contributed by atoms with van der Waals surface area (Å²) in [4.78, 5) is 0. The average Bonchev–Trinajstić information content (AvgIpc) is 2.20. The molecular formula is C12H18O2. The first-order valence-corrected chi connectivity index (χ1v) is 5.21. The Bertz CT molecular complexity index is 305. The molecule has 1 N–H and O–H groups in total. The van der Waals surface area contributed by atoms with Crippen LogP contribution in [-0.4, -0.2) is 11.7 Å². The highest BCUT2D eigenvalue weighted by atomic mass is 16.5. The first-order chi connectivity index (χ1) is 6.74. The van der Waals surface area contributed by atoms with E-state index in [9.17, 15) is 5.11 Å². The zero-order valence-corrected chi connectivity index (χ0v) is 9.13. The topological polar surface area (TPSA) is 29.5 Å². The van der Waals surface area contributed by atoms with Crippen molar-refractivity contribution >= 4 is 0 Å². The van der Waals surface area contributed by atoms with Crippen LogP contribution in [0.25, 0.3) is 0 Å². The standard InChI is InChI=1S/C12H18O2/c1-4-9-10(5-2)12(14-6-3)8-7-11(9)13/h7-8,13H,4-6H2,1-3H3. The summed E-state index contributed by atoms with van der Waals surface area (Å²) in [5.74, 6) is 1.29. The highest BCUT2D eigenvalue weighted by Gasteiger charge is 2.10. The fourth-order valence-corrected chi connectivity index (χ4v) is 1.73. The van der Waals surface area contributed by atoms with Crippen molar-refractivity contribution in [3.63, 3.8) is 0 Å². The highest BCUT2D eigenvalue weighted by molar-refractivity contribution is 5.48. The van der Waals surface area contributed by atoms with Crippen LogP contribution in [0, 0.1) is 0 Å². The van der Waals surface area contributed by atoms with Crippen LogP contribution < -0.4 is 4.74 Å².